The van der Waals surface area contributed by atoms with E-state index in [4.69, 9.17) is 11.6 Å². The Balaban J connectivity index is 1.67. The maximum Gasteiger partial charge on any atom is 0.274 e. The van der Waals surface area contributed by atoms with Crippen molar-refractivity contribution in [2.24, 2.45) is 0 Å². The number of rotatable bonds is 5. The summed E-state index contributed by atoms with van der Waals surface area (Å²) in [6.07, 6.45) is 1.56. The standard InChI is InChI=1S/C20H17ClN4O2/c1-13(26)23-15-6-8-17(9-7-15)25-20(27)19-12-18(10-11-22-19)24-16-4-2-14(21)3-5-16/h2-12H,1H3,(H,22,24)(H,23,26)(H,25,27). The number of nitrogens with one attached hydrogen (secondary N) is 3. The minimum absolute atomic E-state index is 0.152. The number of nitrogens with zero attached hydrogens (tertiary/aromatic N) is 1. The van der Waals surface area contributed by atoms with Crippen LogP contribution in [0.5, 0.6) is 0 Å². The number of pyridine rings is 1. The zero-order chi connectivity index (χ0) is 19.2. The topological polar surface area (TPSA) is 83.1 Å². The number of anilines is 4. The fourth-order valence-electron chi connectivity index (χ4n) is 2.37. The van der Waals surface area contributed by atoms with Crippen LogP contribution in [0, 0.1) is 0 Å². The van der Waals surface area contributed by atoms with Crippen LogP contribution in [-0.2, 0) is 4.79 Å². The van der Waals surface area contributed by atoms with Crippen LogP contribution in [0.3, 0.4) is 0 Å². The predicted molar refractivity (Wildman–Crippen MR) is 108 cm³/mol. The summed E-state index contributed by atoms with van der Waals surface area (Å²) in [6.45, 7) is 1.44. The van der Waals surface area contributed by atoms with Gasteiger partial charge >= 0.3 is 0 Å². The zero-order valence-corrected chi connectivity index (χ0v) is 15.2. The minimum atomic E-state index is -0.331. The lowest BCUT2D eigenvalue weighted by Gasteiger charge is -2.09. The van der Waals surface area contributed by atoms with Crippen LogP contribution in [0.2, 0.25) is 5.02 Å². The molecule has 7 heteroatoms. The number of aromatic nitrogens is 1. The molecule has 0 aliphatic rings. The first-order valence-corrected chi connectivity index (χ1v) is 8.55. The summed E-state index contributed by atoms with van der Waals surface area (Å²) in [5, 5.41) is 9.30. The Labute approximate surface area is 161 Å². The van der Waals surface area contributed by atoms with Crippen LogP contribution < -0.4 is 16.0 Å². The molecule has 27 heavy (non-hydrogen) atoms. The van der Waals surface area contributed by atoms with Gasteiger partial charge in [-0.05, 0) is 60.7 Å². The number of carbonyl (C=O) groups excluding carboxylic acids is 2. The highest BCUT2D eigenvalue weighted by Crippen LogP contribution is 2.20. The van der Waals surface area contributed by atoms with E-state index in [0.29, 0.717) is 16.4 Å². The van der Waals surface area contributed by atoms with Crippen LogP contribution in [-0.4, -0.2) is 16.8 Å². The van der Waals surface area contributed by atoms with Crippen molar-refractivity contribution in [1.82, 2.24) is 4.98 Å². The zero-order valence-electron chi connectivity index (χ0n) is 14.5. The molecule has 1 aromatic heterocycles. The quantitative estimate of drug-likeness (QED) is 0.599. The van der Waals surface area contributed by atoms with Crippen molar-refractivity contribution < 1.29 is 9.59 Å². The molecule has 1 heterocycles. The Morgan fingerprint density at radius 3 is 2.04 bits per heavy atom. The number of carbonyl (C=O) groups is 2. The van der Waals surface area contributed by atoms with Gasteiger partial charge in [0, 0.05) is 40.9 Å². The molecule has 0 saturated carbocycles. The predicted octanol–water partition coefficient (Wildman–Crippen LogP) is 4.69. The van der Waals surface area contributed by atoms with Crippen molar-refractivity contribution in [3.05, 3.63) is 77.6 Å². The van der Waals surface area contributed by atoms with Crippen molar-refractivity contribution in [1.29, 1.82) is 0 Å². The van der Waals surface area contributed by atoms with Crippen LogP contribution in [0.4, 0.5) is 22.7 Å². The minimum Gasteiger partial charge on any atom is -0.355 e. The maximum atomic E-state index is 12.4. The first kappa shape index (κ1) is 18.4. The second-order valence-corrected chi connectivity index (χ2v) is 6.21. The Hall–Kier alpha value is -3.38. The molecular formula is C20H17ClN4O2. The highest BCUT2D eigenvalue weighted by atomic mass is 35.5. The first-order valence-electron chi connectivity index (χ1n) is 8.17. The van der Waals surface area contributed by atoms with Crippen molar-refractivity contribution in [2.45, 2.75) is 6.92 Å². The Morgan fingerprint density at radius 1 is 0.815 bits per heavy atom. The molecule has 3 rings (SSSR count). The SMILES string of the molecule is CC(=O)Nc1ccc(NC(=O)c2cc(Nc3ccc(Cl)cc3)ccn2)cc1. The summed E-state index contributed by atoms with van der Waals surface area (Å²) in [7, 11) is 0. The molecule has 136 valence electrons. The third-order valence-corrected chi connectivity index (χ3v) is 3.84. The number of amides is 2. The molecule has 2 amide bonds. The Morgan fingerprint density at radius 2 is 1.41 bits per heavy atom. The van der Waals surface area contributed by atoms with E-state index in [1.54, 1.807) is 54.7 Å². The fraction of sp³-hybridized carbons (Fsp3) is 0.0500. The average molecular weight is 381 g/mol. The van der Waals surface area contributed by atoms with Gasteiger partial charge in [0.05, 0.1) is 0 Å². The van der Waals surface area contributed by atoms with Crippen LogP contribution in [0.25, 0.3) is 0 Å². The largest absolute Gasteiger partial charge is 0.355 e. The molecule has 0 bridgehead atoms. The van der Waals surface area contributed by atoms with E-state index in [1.807, 2.05) is 12.1 Å². The lowest BCUT2D eigenvalue weighted by Crippen LogP contribution is -2.14. The third-order valence-electron chi connectivity index (χ3n) is 3.59. The Bertz CT molecular complexity index is 956. The molecule has 0 atom stereocenters. The van der Waals surface area contributed by atoms with E-state index in [-0.39, 0.29) is 17.5 Å². The molecule has 0 spiro atoms. The molecule has 0 fully saturated rings. The highest BCUT2D eigenvalue weighted by Gasteiger charge is 2.09. The van der Waals surface area contributed by atoms with Crippen LogP contribution in [0.15, 0.2) is 66.9 Å². The number of hydrogen-bond donors (Lipinski definition) is 3. The molecule has 3 N–H and O–H groups in total. The molecule has 0 unspecified atom stereocenters. The van der Waals surface area contributed by atoms with E-state index in [2.05, 4.69) is 20.9 Å². The van der Waals surface area contributed by atoms with E-state index < -0.39 is 0 Å². The highest BCUT2D eigenvalue weighted by molar-refractivity contribution is 6.30. The van der Waals surface area contributed by atoms with E-state index in [9.17, 15) is 9.59 Å². The lowest BCUT2D eigenvalue weighted by atomic mass is 10.2. The number of benzene rings is 2. The van der Waals surface area contributed by atoms with Crippen molar-refractivity contribution in [3.8, 4) is 0 Å². The molecule has 2 aromatic carbocycles. The summed E-state index contributed by atoms with van der Waals surface area (Å²) in [4.78, 5) is 27.6. The van der Waals surface area contributed by atoms with Gasteiger partial charge in [-0.3, -0.25) is 14.6 Å². The van der Waals surface area contributed by atoms with Crippen LogP contribution in [0.1, 0.15) is 17.4 Å². The summed E-state index contributed by atoms with van der Waals surface area (Å²) < 4.78 is 0. The lowest BCUT2D eigenvalue weighted by molar-refractivity contribution is -0.114. The van der Waals surface area contributed by atoms with Crippen LogP contribution >= 0.6 is 11.6 Å². The fourth-order valence-corrected chi connectivity index (χ4v) is 2.49. The van der Waals surface area contributed by atoms with Gasteiger partial charge in [0.2, 0.25) is 5.91 Å². The molecular weight excluding hydrogens is 364 g/mol. The smallest absolute Gasteiger partial charge is 0.274 e. The van der Waals surface area contributed by atoms with Gasteiger partial charge in [-0.1, -0.05) is 11.6 Å². The molecule has 0 aliphatic carbocycles. The second kappa shape index (κ2) is 8.33. The third kappa shape index (κ3) is 5.29. The second-order valence-electron chi connectivity index (χ2n) is 5.77. The molecule has 3 aromatic rings. The van der Waals surface area contributed by atoms with Gasteiger partial charge in [0.1, 0.15) is 5.69 Å². The molecule has 6 nitrogen and oxygen atoms in total. The molecule has 0 aliphatic heterocycles. The Kier molecular flexibility index (Phi) is 5.68. The number of halogens is 1. The first-order chi connectivity index (χ1) is 13.0. The summed E-state index contributed by atoms with van der Waals surface area (Å²) in [5.74, 6) is -0.483. The van der Waals surface area contributed by atoms with Gasteiger partial charge in [0.15, 0.2) is 0 Å². The van der Waals surface area contributed by atoms with E-state index in [0.717, 1.165) is 11.4 Å². The summed E-state index contributed by atoms with van der Waals surface area (Å²) in [6, 6.07) is 17.5. The van der Waals surface area contributed by atoms with Gasteiger partial charge in [-0.25, -0.2) is 0 Å². The van der Waals surface area contributed by atoms with Gasteiger partial charge in [0.25, 0.3) is 5.91 Å². The monoisotopic (exact) mass is 380 g/mol. The normalized spacial score (nSPS) is 10.1. The van der Waals surface area contributed by atoms with E-state index >= 15 is 0 Å². The van der Waals surface area contributed by atoms with Crippen molar-refractivity contribution in [3.63, 3.8) is 0 Å². The van der Waals surface area contributed by atoms with E-state index in [1.165, 1.54) is 6.92 Å². The maximum absolute atomic E-state index is 12.4. The van der Waals surface area contributed by atoms with Gasteiger partial charge in [-0.15, -0.1) is 0 Å². The summed E-state index contributed by atoms with van der Waals surface area (Å²) in [5.41, 5.74) is 3.13. The van der Waals surface area contributed by atoms with Crippen molar-refractivity contribution in [2.75, 3.05) is 16.0 Å². The molecule has 0 radical (unpaired) electrons. The average Bonchev–Trinajstić information content (AvgIpc) is 2.65. The number of hydrogen-bond acceptors (Lipinski definition) is 4. The summed E-state index contributed by atoms with van der Waals surface area (Å²) >= 11 is 5.88. The molecule has 0 saturated heterocycles. The van der Waals surface area contributed by atoms with Gasteiger partial charge in [-0.2, -0.15) is 0 Å². The van der Waals surface area contributed by atoms with Crippen molar-refractivity contribution >= 4 is 46.2 Å². The van der Waals surface area contributed by atoms with Gasteiger partial charge < -0.3 is 16.0 Å².